The van der Waals surface area contributed by atoms with E-state index in [1.807, 2.05) is 36.4 Å². The minimum absolute atomic E-state index is 0.454. The molecule has 0 atom stereocenters. The van der Waals surface area contributed by atoms with Gasteiger partial charge in [-0.1, -0.05) is 28.1 Å². The highest BCUT2D eigenvalue weighted by Gasteiger charge is 2.03. The SMILES string of the molecule is Cc1cc(C)cc(Nc2nncc(Nc3cccc(Br)c3)n2)c1. The van der Waals surface area contributed by atoms with E-state index in [0.29, 0.717) is 11.8 Å². The molecule has 3 aromatic rings. The van der Waals surface area contributed by atoms with Crippen LogP contribution in [0.1, 0.15) is 11.1 Å². The fraction of sp³-hybridized carbons (Fsp3) is 0.118. The molecule has 1 heterocycles. The van der Waals surface area contributed by atoms with E-state index in [1.165, 1.54) is 11.1 Å². The van der Waals surface area contributed by atoms with Crippen molar-refractivity contribution in [3.8, 4) is 0 Å². The van der Waals surface area contributed by atoms with E-state index in [9.17, 15) is 0 Å². The van der Waals surface area contributed by atoms with Crippen molar-refractivity contribution in [3.05, 3.63) is 64.3 Å². The lowest BCUT2D eigenvalue weighted by atomic mass is 10.1. The Balaban J connectivity index is 1.79. The van der Waals surface area contributed by atoms with Crippen molar-refractivity contribution in [3.63, 3.8) is 0 Å². The van der Waals surface area contributed by atoms with Crippen LogP contribution in [-0.4, -0.2) is 15.2 Å². The zero-order valence-electron chi connectivity index (χ0n) is 12.8. The Morgan fingerprint density at radius 2 is 1.70 bits per heavy atom. The topological polar surface area (TPSA) is 62.7 Å². The molecule has 0 saturated heterocycles. The summed E-state index contributed by atoms with van der Waals surface area (Å²) in [7, 11) is 0. The van der Waals surface area contributed by atoms with Gasteiger partial charge in [0.2, 0.25) is 5.95 Å². The Kier molecular flexibility index (Phi) is 4.52. The molecule has 0 bridgehead atoms. The van der Waals surface area contributed by atoms with Gasteiger partial charge in [-0.05, 0) is 55.3 Å². The van der Waals surface area contributed by atoms with E-state index in [1.54, 1.807) is 6.20 Å². The summed E-state index contributed by atoms with van der Waals surface area (Å²) in [5.41, 5.74) is 4.24. The van der Waals surface area contributed by atoms with Gasteiger partial charge in [-0.2, -0.15) is 10.1 Å². The van der Waals surface area contributed by atoms with Gasteiger partial charge in [0.25, 0.3) is 0 Å². The first-order valence-corrected chi connectivity index (χ1v) is 7.95. The van der Waals surface area contributed by atoms with Crippen LogP contribution in [0.3, 0.4) is 0 Å². The maximum Gasteiger partial charge on any atom is 0.249 e. The van der Waals surface area contributed by atoms with Crippen LogP contribution < -0.4 is 10.6 Å². The molecule has 0 radical (unpaired) electrons. The van der Waals surface area contributed by atoms with Crippen molar-refractivity contribution in [2.75, 3.05) is 10.6 Å². The molecule has 0 fully saturated rings. The van der Waals surface area contributed by atoms with Gasteiger partial charge in [-0.15, -0.1) is 5.10 Å². The predicted molar refractivity (Wildman–Crippen MR) is 96.5 cm³/mol. The van der Waals surface area contributed by atoms with Crippen LogP contribution >= 0.6 is 15.9 Å². The summed E-state index contributed by atoms with van der Waals surface area (Å²) in [4.78, 5) is 4.44. The first kappa shape index (κ1) is 15.4. The number of halogens is 1. The Hall–Kier alpha value is -2.47. The van der Waals surface area contributed by atoms with E-state index in [-0.39, 0.29) is 0 Å². The molecule has 0 amide bonds. The third kappa shape index (κ3) is 4.26. The van der Waals surface area contributed by atoms with E-state index in [4.69, 9.17) is 0 Å². The summed E-state index contributed by atoms with van der Waals surface area (Å²) in [5.74, 6) is 1.08. The lowest BCUT2D eigenvalue weighted by molar-refractivity contribution is 0.982. The maximum atomic E-state index is 4.44. The van der Waals surface area contributed by atoms with Gasteiger partial charge in [0, 0.05) is 15.8 Å². The van der Waals surface area contributed by atoms with Crippen molar-refractivity contribution >= 4 is 39.1 Å². The van der Waals surface area contributed by atoms with Crippen molar-refractivity contribution in [2.24, 2.45) is 0 Å². The summed E-state index contributed by atoms with van der Waals surface area (Å²) in [6.45, 7) is 4.12. The van der Waals surface area contributed by atoms with E-state index < -0.39 is 0 Å². The molecule has 2 N–H and O–H groups in total. The molecule has 2 aromatic carbocycles. The lowest BCUT2D eigenvalue weighted by Gasteiger charge is -2.09. The fourth-order valence-electron chi connectivity index (χ4n) is 2.31. The molecule has 0 aliphatic heterocycles. The van der Waals surface area contributed by atoms with Crippen molar-refractivity contribution in [1.29, 1.82) is 0 Å². The molecule has 0 unspecified atom stereocenters. The van der Waals surface area contributed by atoms with Gasteiger partial charge in [0.05, 0.1) is 6.20 Å². The van der Waals surface area contributed by atoms with Gasteiger partial charge in [0.15, 0.2) is 5.82 Å². The summed E-state index contributed by atoms with van der Waals surface area (Å²) in [6.07, 6.45) is 1.59. The highest BCUT2D eigenvalue weighted by Crippen LogP contribution is 2.21. The number of anilines is 4. The average molecular weight is 370 g/mol. The second-order valence-electron chi connectivity index (χ2n) is 5.30. The van der Waals surface area contributed by atoms with Crippen LogP contribution in [0, 0.1) is 13.8 Å². The normalized spacial score (nSPS) is 10.4. The van der Waals surface area contributed by atoms with Crippen LogP contribution in [0.4, 0.5) is 23.1 Å². The quantitative estimate of drug-likeness (QED) is 0.695. The lowest BCUT2D eigenvalue weighted by Crippen LogP contribution is -2.02. The number of aromatic nitrogens is 3. The molecule has 3 rings (SSSR count). The number of hydrogen-bond acceptors (Lipinski definition) is 5. The molecule has 6 heteroatoms. The second-order valence-corrected chi connectivity index (χ2v) is 6.22. The molecular weight excluding hydrogens is 354 g/mol. The third-order valence-electron chi connectivity index (χ3n) is 3.13. The van der Waals surface area contributed by atoms with Gasteiger partial charge in [-0.25, -0.2) is 0 Å². The van der Waals surface area contributed by atoms with E-state index in [0.717, 1.165) is 15.8 Å². The van der Waals surface area contributed by atoms with E-state index in [2.05, 4.69) is 61.7 Å². The highest BCUT2D eigenvalue weighted by molar-refractivity contribution is 9.10. The Bertz CT molecular complexity index is 814. The average Bonchev–Trinajstić information content (AvgIpc) is 2.46. The Morgan fingerprint density at radius 1 is 0.913 bits per heavy atom. The summed E-state index contributed by atoms with van der Waals surface area (Å²) in [5, 5.41) is 14.4. The number of nitrogens with one attached hydrogen (secondary N) is 2. The zero-order chi connectivity index (χ0) is 16.2. The van der Waals surface area contributed by atoms with Crippen LogP contribution in [0.15, 0.2) is 53.1 Å². The first-order chi connectivity index (χ1) is 11.1. The Labute approximate surface area is 143 Å². The smallest absolute Gasteiger partial charge is 0.249 e. The Morgan fingerprint density at radius 3 is 2.43 bits per heavy atom. The summed E-state index contributed by atoms with van der Waals surface area (Å²) < 4.78 is 0.998. The summed E-state index contributed by atoms with van der Waals surface area (Å²) >= 11 is 3.45. The van der Waals surface area contributed by atoms with E-state index >= 15 is 0 Å². The molecule has 1 aromatic heterocycles. The standard InChI is InChI=1S/C17H16BrN5/c1-11-6-12(2)8-15(7-11)21-17-22-16(10-19-23-17)20-14-5-3-4-13(18)9-14/h3-10H,1-2H3,(H2,20,21,22,23). The van der Waals surface area contributed by atoms with Crippen molar-refractivity contribution in [2.45, 2.75) is 13.8 Å². The number of benzene rings is 2. The minimum Gasteiger partial charge on any atom is -0.339 e. The fourth-order valence-corrected chi connectivity index (χ4v) is 2.71. The molecule has 0 aliphatic rings. The zero-order valence-corrected chi connectivity index (χ0v) is 14.4. The predicted octanol–water partition coefficient (Wildman–Crippen LogP) is 4.74. The molecule has 116 valence electrons. The van der Waals surface area contributed by atoms with Gasteiger partial charge in [-0.3, -0.25) is 0 Å². The third-order valence-corrected chi connectivity index (χ3v) is 3.63. The van der Waals surface area contributed by atoms with Gasteiger partial charge in [0.1, 0.15) is 0 Å². The number of aryl methyl sites for hydroxylation is 2. The first-order valence-electron chi connectivity index (χ1n) is 7.16. The molecule has 23 heavy (non-hydrogen) atoms. The second kappa shape index (κ2) is 6.75. The molecular formula is C17H16BrN5. The molecule has 0 spiro atoms. The molecule has 0 aliphatic carbocycles. The van der Waals surface area contributed by atoms with Crippen LogP contribution in [0.25, 0.3) is 0 Å². The van der Waals surface area contributed by atoms with Crippen molar-refractivity contribution in [1.82, 2.24) is 15.2 Å². The number of nitrogens with zero attached hydrogens (tertiary/aromatic N) is 3. The van der Waals surface area contributed by atoms with Crippen LogP contribution in [0.5, 0.6) is 0 Å². The number of rotatable bonds is 4. The maximum absolute atomic E-state index is 4.44. The van der Waals surface area contributed by atoms with Crippen LogP contribution in [-0.2, 0) is 0 Å². The van der Waals surface area contributed by atoms with Gasteiger partial charge < -0.3 is 10.6 Å². The largest absolute Gasteiger partial charge is 0.339 e. The molecule has 5 nitrogen and oxygen atoms in total. The highest BCUT2D eigenvalue weighted by atomic mass is 79.9. The van der Waals surface area contributed by atoms with Gasteiger partial charge >= 0.3 is 0 Å². The minimum atomic E-state index is 0.454. The van der Waals surface area contributed by atoms with Crippen molar-refractivity contribution < 1.29 is 0 Å². The molecule has 0 saturated carbocycles. The van der Waals surface area contributed by atoms with Crippen LogP contribution in [0.2, 0.25) is 0 Å². The number of hydrogen-bond donors (Lipinski definition) is 2. The summed E-state index contributed by atoms with van der Waals surface area (Å²) in [6, 6.07) is 14.1. The monoisotopic (exact) mass is 369 g/mol.